The summed E-state index contributed by atoms with van der Waals surface area (Å²) < 4.78 is 16.8. The third kappa shape index (κ3) is 66.2. The van der Waals surface area contributed by atoms with Gasteiger partial charge in [-0.1, -0.05) is 289 Å². The number of hydrogen-bond donors (Lipinski definition) is 0. The topological polar surface area (TPSA) is 78.9 Å². The summed E-state index contributed by atoms with van der Waals surface area (Å²) in [5.74, 6) is -0.999. The largest absolute Gasteiger partial charge is 0.462 e. The van der Waals surface area contributed by atoms with E-state index in [-0.39, 0.29) is 37.5 Å². The van der Waals surface area contributed by atoms with E-state index in [0.29, 0.717) is 19.3 Å². The average Bonchev–Trinajstić information content (AvgIpc) is 3.46. The maximum atomic E-state index is 12.9. The molecule has 0 fully saturated rings. The summed E-state index contributed by atoms with van der Waals surface area (Å²) in [6.07, 6.45) is 96.4. The van der Waals surface area contributed by atoms with E-state index >= 15 is 0 Å². The maximum Gasteiger partial charge on any atom is 0.306 e. The lowest BCUT2D eigenvalue weighted by Gasteiger charge is -2.18. The second kappa shape index (κ2) is 68.1. The highest BCUT2D eigenvalue weighted by atomic mass is 16.6. The Bertz CT molecular complexity index is 1720. The van der Waals surface area contributed by atoms with Crippen molar-refractivity contribution < 1.29 is 28.6 Å². The van der Waals surface area contributed by atoms with E-state index in [2.05, 4.69) is 154 Å². The molecule has 0 aliphatic carbocycles. The van der Waals surface area contributed by atoms with Crippen LogP contribution in [0, 0.1) is 0 Å². The van der Waals surface area contributed by atoms with E-state index in [1.165, 1.54) is 141 Å². The van der Waals surface area contributed by atoms with E-state index in [9.17, 15) is 14.4 Å². The smallest absolute Gasteiger partial charge is 0.306 e. The lowest BCUT2D eigenvalue weighted by atomic mass is 10.0. The van der Waals surface area contributed by atoms with Gasteiger partial charge in [-0.3, -0.25) is 14.4 Å². The predicted molar refractivity (Wildman–Crippen MR) is 353 cm³/mol. The van der Waals surface area contributed by atoms with E-state index in [1.54, 1.807) is 0 Å². The molecule has 0 aliphatic rings. The molecule has 0 aromatic rings. The molecule has 0 radical (unpaired) electrons. The molecule has 0 rings (SSSR count). The van der Waals surface area contributed by atoms with Crippen LogP contribution in [0.1, 0.15) is 303 Å². The van der Waals surface area contributed by atoms with Gasteiger partial charge in [0.1, 0.15) is 13.2 Å². The number of hydrogen-bond acceptors (Lipinski definition) is 6. The lowest BCUT2D eigenvalue weighted by Crippen LogP contribution is -2.30. The predicted octanol–water partition coefficient (Wildman–Crippen LogP) is 23.3. The Hall–Kier alpha value is -4.45. The summed E-state index contributed by atoms with van der Waals surface area (Å²) in [6, 6.07) is 0. The van der Waals surface area contributed by atoms with Gasteiger partial charge in [0.05, 0.1) is 0 Å². The number of allylic oxidation sites excluding steroid dienone is 22. The van der Waals surface area contributed by atoms with E-state index in [1.807, 2.05) is 0 Å². The lowest BCUT2D eigenvalue weighted by molar-refractivity contribution is -0.167. The first-order valence-corrected chi connectivity index (χ1v) is 33.7. The van der Waals surface area contributed by atoms with Crippen LogP contribution in [0.25, 0.3) is 0 Å². The second-order valence-corrected chi connectivity index (χ2v) is 22.0. The molecular formula is C75H124O6. The Morgan fingerprint density at radius 3 is 0.802 bits per heavy atom. The molecular weight excluding hydrogens is 997 g/mol. The first-order chi connectivity index (χ1) is 40.0. The molecule has 6 nitrogen and oxygen atoms in total. The number of ether oxygens (including phenoxy) is 3. The van der Waals surface area contributed by atoms with Crippen LogP contribution < -0.4 is 0 Å². The highest BCUT2D eigenvalue weighted by Gasteiger charge is 2.19. The van der Waals surface area contributed by atoms with Crippen LogP contribution in [0.5, 0.6) is 0 Å². The fourth-order valence-electron chi connectivity index (χ4n) is 9.15. The summed E-state index contributed by atoms with van der Waals surface area (Å²) in [7, 11) is 0. The molecule has 0 aromatic heterocycles. The van der Waals surface area contributed by atoms with Crippen molar-refractivity contribution in [3.05, 3.63) is 134 Å². The molecule has 6 heteroatoms. The second-order valence-electron chi connectivity index (χ2n) is 22.0. The van der Waals surface area contributed by atoms with E-state index in [0.717, 1.165) is 116 Å². The van der Waals surface area contributed by atoms with Crippen molar-refractivity contribution in [3.8, 4) is 0 Å². The third-order valence-electron chi connectivity index (χ3n) is 14.1. The van der Waals surface area contributed by atoms with Crippen molar-refractivity contribution >= 4 is 17.9 Å². The van der Waals surface area contributed by atoms with Crippen LogP contribution in [0.4, 0.5) is 0 Å². The van der Waals surface area contributed by atoms with E-state index in [4.69, 9.17) is 14.2 Å². The van der Waals surface area contributed by atoms with Gasteiger partial charge < -0.3 is 14.2 Å². The van der Waals surface area contributed by atoms with Crippen LogP contribution in [0.3, 0.4) is 0 Å². The van der Waals surface area contributed by atoms with Crippen molar-refractivity contribution in [2.24, 2.45) is 0 Å². The zero-order valence-corrected chi connectivity index (χ0v) is 52.8. The van der Waals surface area contributed by atoms with Crippen molar-refractivity contribution in [1.82, 2.24) is 0 Å². The van der Waals surface area contributed by atoms with Crippen LogP contribution in [-0.4, -0.2) is 37.2 Å². The Morgan fingerprint density at radius 1 is 0.259 bits per heavy atom. The van der Waals surface area contributed by atoms with Crippen molar-refractivity contribution in [3.63, 3.8) is 0 Å². The standard InChI is InChI=1S/C75H124O6/c1-4-7-10-13-16-19-22-25-27-29-30-31-32-33-34-35-36-37-38-39-40-41-42-43-44-46-47-50-53-56-59-62-65-68-74(77)80-71-72(70-79-73(76)67-64-61-58-55-52-49-24-21-18-15-12-9-6-3)81-75(78)69-66-63-60-57-54-51-48-45-28-26-23-20-17-14-11-8-5-2/h8-9,11-12,17-18,20-22,25-26,28-30,32-33,48-49,51-52,57,60,72H,4-7,10,13-16,19,23-24,27,31,34-47,50,53-56,58-59,61-71H2,1-3H3/b11-8-,12-9-,20-17-,21-18-,25-22-,28-26-,30-29-,33-32-,51-48-,52-49-,60-57-. The normalized spacial score (nSPS) is 13.0. The molecule has 1 atom stereocenters. The van der Waals surface area contributed by atoms with Gasteiger partial charge in [-0.05, 0) is 128 Å². The van der Waals surface area contributed by atoms with Gasteiger partial charge in [-0.2, -0.15) is 0 Å². The van der Waals surface area contributed by atoms with Gasteiger partial charge in [0.25, 0.3) is 0 Å². The molecule has 0 N–H and O–H groups in total. The monoisotopic (exact) mass is 1120 g/mol. The summed E-state index contributed by atoms with van der Waals surface area (Å²) in [6.45, 7) is 6.34. The highest BCUT2D eigenvalue weighted by Crippen LogP contribution is 2.16. The van der Waals surface area contributed by atoms with Gasteiger partial charge in [0, 0.05) is 19.3 Å². The molecule has 0 spiro atoms. The van der Waals surface area contributed by atoms with Gasteiger partial charge in [-0.25, -0.2) is 0 Å². The Kier molecular flexibility index (Phi) is 64.3. The van der Waals surface area contributed by atoms with Crippen LogP contribution in [0.2, 0.25) is 0 Å². The van der Waals surface area contributed by atoms with E-state index < -0.39 is 6.10 Å². The Labute approximate surface area is 500 Å². The SMILES string of the molecule is CC/C=C\C/C=C\C/C=C\C/C=C\C/C=C\CCCC(=O)OC(COC(=O)CCCCC/C=C\C/C=C\C/C=C\CC)COC(=O)CCCCCCCCCCCCCCCCCCCC/C=C\C/C=C\C/C=C\CCCCCCC. The van der Waals surface area contributed by atoms with Crippen LogP contribution in [-0.2, 0) is 28.6 Å². The van der Waals surface area contributed by atoms with Gasteiger partial charge in [0.15, 0.2) is 6.10 Å². The quantitative estimate of drug-likeness (QED) is 0.0261. The minimum atomic E-state index is -0.824. The summed E-state index contributed by atoms with van der Waals surface area (Å²) in [5.41, 5.74) is 0. The molecule has 0 saturated carbocycles. The molecule has 1 unspecified atom stereocenters. The van der Waals surface area contributed by atoms with Crippen LogP contribution in [0.15, 0.2) is 134 Å². The van der Waals surface area contributed by atoms with Crippen molar-refractivity contribution in [1.29, 1.82) is 0 Å². The van der Waals surface area contributed by atoms with Crippen molar-refractivity contribution in [2.45, 2.75) is 309 Å². The minimum Gasteiger partial charge on any atom is -0.462 e. The Balaban J connectivity index is 4.24. The molecule has 0 aromatic carbocycles. The molecule has 0 bridgehead atoms. The highest BCUT2D eigenvalue weighted by molar-refractivity contribution is 5.71. The number of carbonyl (C=O) groups excluding carboxylic acids is 3. The molecule has 0 amide bonds. The number of rotatable bonds is 60. The molecule has 0 heterocycles. The first-order valence-electron chi connectivity index (χ1n) is 33.7. The fourth-order valence-corrected chi connectivity index (χ4v) is 9.15. The average molecular weight is 1120 g/mol. The van der Waals surface area contributed by atoms with Crippen LogP contribution >= 0.6 is 0 Å². The Morgan fingerprint density at radius 2 is 0.494 bits per heavy atom. The zero-order valence-electron chi connectivity index (χ0n) is 52.8. The molecule has 0 aliphatic heterocycles. The summed E-state index contributed by atoms with van der Waals surface area (Å²) in [5, 5.41) is 0. The van der Waals surface area contributed by atoms with Gasteiger partial charge in [-0.15, -0.1) is 0 Å². The van der Waals surface area contributed by atoms with Gasteiger partial charge in [0.2, 0.25) is 0 Å². The fraction of sp³-hybridized carbons (Fsp3) is 0.667. The maximum absolute atomic E-state index is 12.9. The first kappa shape index (κ1) is 76.5. The number of carbonyl (C=O) groups is 3. The summed E-state index contributed by atoms with van der Waals surface area (Å²) in [4.78, 5) is 38.3. The number of unbranched alkanes of at least 4 members (excludes halogenated alkanes) is 27. The molecule has 81 heavy (non-hydrogen) atoms. The summed E-state index contributed by atoms with van der Waals surface area (Å²) >= 11 is 0. The minimum absolute atomic E-state index is 0.112. The van der Waals surface area contributed by atoms with Gasteiger partial charge >= 0.3 is 17.9 Å². The molecule has 0 saturated heterocycles. The zero-order chi connectivity index (χ0) is 58.5. The molecule has 460 valence electrons. The van der Waals surface area contributed by atoms with Crippen molar-refractivity contribution in [2.75, 3.05) is 13.2 Å². The third-order valence-corrected chi connectivity index (χ3v) is 14.1. The number of esters is 3.